The van der Waals surface area contributed by atoms with Crippen molar-refractivity contribution in [2.45, 2.75) is 0 Å². The molecule has 120 valence electrons. The maximum Gasteiger partial charge on any atom is 0.115 e. The highest BCUT2D eigenvalue weighted by atomic mass is 79.9. The minimum Gasteiger partial charge on any atom is -0.508 e. The maximum atomic E-state index is 9.47. The highest BCUT2D eigenvalue weighted by molar-refractivity contribution is 9.10. The van der Waals surface area contributed by atoms with Crippen LogP contribution in [0.25, 0.3) is 17.3 Å². The number of allylic oxidation sites excluding steroid dienone is 1. The fraction of sp³-hybridized carbons (Fsp3) is 0. The molecular weight excluding hydrogens is 388 g/mol. The van der Waals surface area contributed by atoms with Crippen molar-refractivity contribution in [3.8, 4) is 17.5 Å². The lowest BCUT2D eigenvalue weighted by atomic mass is 10.1. The smallest absolute Gasteiger partial charge is 0.115 e. The molecule has 0 aliphatic heterocycles. The Morgan fingerprint density at radius 1 is 1.04 bits per heavy atom. The summed E-state index contributed by atoms with van der Waals surface area (Å²) in [6.45, 7) is 0. The van der Waals surface area contributed by atoms with Gasteiger partial charge in [0.2, 0.25) is 0 Å². The van der Waals surface area contributed by atoms with E-state index in [0.29, 0.717) is 5.57 Å². The molecule has 3 nitrogen and oxygen atoms in total. The van der Waals surface area contributed by atoms with Crippen molar-refractivity contribution in [3.05, 3.63) is 82.6 Å². The number of aromatic nitrogens is 1. The lowest BCUT2D eigenvalue weighted by Gasteiger charge is -2.07. The molecule has 24 heavy (non-hydrogen) atoms. The zero-order chi connectivity index (χ0) is 16.2. The Labute approximate surface area is 155 Å². The second-order valence-corrected chi connectivity index (χ2v) is 5.91. The third-order valence-corrected chi connectivity index (χ3v) is 4.00. The number of phenols is 1. The van der Waals surface area contributed by atoms with Crippen molar-refractivity contribution in [3.63, 3.8) is 0 Å². The van der Waals surface area contributed by atoms with Gasteiger partial charge in [-0.3, -0.25) is 0 Å². The van der Waals surface area contributed by atoms with Crippen LogP contribution in [0.5, 0.6) is 5.75 Å². The first-order valence-corrected chi connectivity index (χ1v) is 7.81. The highest BCUT2D eigenvalue weighted by Gasteiger charge is 2.05. The molecule has 0 saturated carbocycles. The standard InChI is InChI=1S/C19H13BrN2O.ClH/c20-16-5-3-14(4-6-16)15(13-21)12-18-2-1-11-22(18)17-7-9-19(23)10-8-17;/h1-12,23H;1H/b15-12+;. The number of halogens is 2. The molecule has 3 rings (SSSR count). The summed E-state index contributed by atoms with van der Waals surface area (Å²) in [7, 11) is 0. The van der Waals surface area contributed by atoms with Crippen molar-refractivity contribution in [1.82, 2.24) is 4.57 Å². The summed E-state index contributed by atoms with van der Waals surface area (Å²) >= 11 is 3.40. The molecule has 0 aliphatic rings. The third kappa shape index (κ3) is 3.88. The Hall–Kier alpha value is -2.48. The van der Waals surface area contributed by atoms with Crippen LogP contribution in [-0.2, 0) is 0 Å². The first kappa shape index (κ1) is 17.9. The van der Waals surface area contributed by atoms with Crippen molar-refractivity contribution in [2.75, 3.05) is 0 Å². The van der Waals surface area contributed by atoms with Crippen LogP contribution in [0, 0.1) is 11.3 Å². The Morgan fingerprint density at radius 2 is 1.71 bits per heavy atom. The Bertz CT molecular complexity index is 890. The number of nitrogens with zero attached hydrogens (tertiary/aromatic N) is 2. The first-order chi connectivity index (χ1) is 11.2. The number of nitriles is 1. The van der Waals surface area contributed by atoms with E-state index in [1.165, 1.54) is 0 Å². The molecule has 1 heterocycles. The molecule has 0 unspecified atom stereocenters. The monoisotopic (exact) mass is 400 g/mol. The van der Waals surface area contributed by atoms with Gasteiger partial charge in [0.15, 0.2) is 0 Å². The summed E-state index contributed by atoms with van der Waals surface area (Å²) in [5, 5.41) is 18.9. The van der Waals surface area contributed by atoms with Crippen LogP contribution in [0.2, 0.25) is 0 Å². The van der Waals surface area contributed by atoms with Gasteiger partial charge in [-0.2, -0.15) is 5.26 Å². The average Bonchev–Trinajstić information content (AvgIpc) is 3.02. The molecule has 0 amide bonds. The Balaban J connectivity index is 0.00000208. The summed E-state index contributed by atoms with van der Waals surface area (Å²) in [4.78, 5) is 0. The minimum atomic E-state index is 0. The van der Waals surface area contributed by atoms with Crippen molar-refractivity contribution in [1.29, 1.82) is 5.26 Å². The van der Waals surface area contributed by atoms with Crippen molar-refractivity contribution >= 4 is 40.0 Å². The van der Waals surface area contributed by atoms with Gasteiger partial charge < -0.3 is 9.67 Å². The van der Waals surface area contributed by atoms with E-state index in [-0.39, 0.29) is 18.2 Å². The highest BCUT2D eigenvalue weighted by Crippen LogP contribution is 2.23. The lowest BCUT2D eigenvalue weighted by molar-refractivity contribution is 0.475. The van der Waals surface area contributed by atoms with E-state index in [0.717, 1.165) is 21.4 Å². The van der Waals surface area contributed by atoms with Gasteiger partial charge in [-0.25, -0.2) is 0 Å². The summed E-state index contributed by atoms with van der Waals surface area (Å²) in [5.74, 6) is 0.227. The van der Waals surface area contributed by atoms with Gasteiger partial charge in [0, 0.05) is 22.1 Å². The summed E-state index contributed by atoms with van der Waals surface area (Å²) < 4.78 is 2.95. The molecule has 3 aromatic rings. The average molecular weight is 402 g/mol. The summed E-state index contributed by atoms with van der Waals surface area (Å²) in [6.07, 6.45) is 3.78. The zero-order valence-corrected chi connectivity index (χ0v) is 15.0. The van der Waals surface area contributed by atoms with E-state index in [2.05, 4.69) is 22.0 Å². The molecule has 0 spiro atoms. The van der Waals surface area contributed by atoms with Crippen LogP contribution < -0.4 is 0 Å². The number of phenolic OH excluding ortho intramolecular Hbond substituents is 1. The number of aromatic hydroxyl groups is 1. The molecule has 2 aromatic carbocycles. The van der Waals surface area contributed by atoms with Crippen LogP contribution in [0.4, 0.5) is 0 Å². The van der Waals surface area contributed by atoms with Crippen LogP contribution in [0.15, 0.2) is 71.3 Å². The SMILES string of the molecule is Cl.N#C/C(=C\c1cccn1-c1ccc(O)cc1)c1ccc(Br)cc1. The summed E-state index contributed by atoms with van der Waals surface area (Å²) in [6, 6.07) is 20.7. The molecule has 0 bridgehead atoms. The lowest BCUT2D eigenvalue weighted by Crippen LogP contribution is -1.94. The molecule has 0 radical (unpaired) electrons. The van der Waals surface area contributed by atoms with Gasteiger partial charge in [0.1, 0.15) is 5.75 Å². The molecular formula is C19H14BrClN2O. The minimum absolute atomic E-state index is 0. The van der Waals surface area contributed by atoms with Gasteiger partial charge >= 0.3 is 0 Å². The van der Waals surface area contributed by atoms with Gasteiger partial charge in [-0.15, -0.1) is 12.4 Å². The van der Waals surface area contributed by atoms with E-state index >= 15 is 0 Å². The molecule has 5 heteroatoms. The van der Waals surface area contributed by atoms with E-state index < -0.39 is 0 Å². The normalized spacial score (nSPS) is 10.8. The van der Waals surface area contributed by atoms with E-state index in [1.807, 2.05) is 65.4 Å². The molecule has 0 aliphatic carbocycles. The zero-order valence-electron chi connectivity index (χ0n) is 12.6. The van der Waals surface area contributed by atoms with Gasteiger partial charge in [0.05, 0.1) is 11.6 Å². The second kappa shape index (κ2) is 7.87. The van der Waals surface area contributed by atoms with E-state index in [1.54, 1.807) is 12.1 Å². The van der Waals surface area contributed by atoms with Crippen LogP contribution in [0.1, 0.15) is 11.3 Å². The summed E-state index contributed by atoms with van der Waals surface area (Å²) in [5.41, 5.74) is 3.28. The van der Waals surface area contributed by atoms with Gasteiger partial charge in [-0.1, -0.05) is 28.1 Å². The fourth-order valence-electron chi connectivity index (χ4n) is 2.32. The number of hydrogen-bond donors (Lipinski definition) is 1. The predicted molar refractivity (Wildman–Crippen MR) is 102 cm³/mol. The third-order valence-electron chi connectivity index (χ3n) is 3.48. The van der Waals surface area contributed by atoms with Gasteiger partial charge in [0.25, 0.3) is 0 Å². The quantitative estimate of drug-likeness (QED) is 0.595. The topological polar surface area (TPSA) is 49.0 Å². The maximum absolute atomic E-state index is 9.47. The molecule has 1 N–H and O–H groups in total. The largest absolute Gasteiger partial charge is 0.508 e. The van der Waals surface area contributed by atoms with Crippen LogP contribution >= 0.6 is 28.3 Å². The number of rotatable bonds is 3. The van der Waals surface area contributed by atoms with Crippen LogP contribution in [0.3, 0.4) is 0 Å². The van der Waals surface area contributed by atoms with Crippen molar-refractivity contribution in [2.24, 2.45) is 0 Å². The Kier molecular flexibility index (Phi) is 5.86. The van der Waals surface area contributed by atoms with E-state index in [9.17, 15) is 10.4 Å². The number of benzene rings is 2. The first-order valence-electron chi connectivity index (χ1n) is 7.02. The predicted octanol–water partition coefficient (Wildman–Crippen LogP) is 5.43. The Morgan fingerprint density at radius 3 is 2.33 bits per heavy atom. The van der Waals surface area contributed by atoms with Crippen molar-refractivity contribution < 1.29 is 5.11 Å². The van der Waals surface area contributed by atoms with E-state index in [4.69, 9.17) is 0 Å². The molecule has 0 atom stereocenters. The number of hydrogen-bond acceptors (Lipinski definition) is 2. The van der Waals surface area contributed by atoms with Gasteiger partial charge in [-0.05, 0) is 60.2 Å². The second-order valence-electron chi connectivity index (χ2n) is 5.00. The molecule has 0 fully saturated rings. The fourth-order valence-corrected chi connectivity index (χ4v) is 2.58. The molecule has 0 saturated heterocycles. The van der Waals surface area contributed by atoms with Crippen LogP contribution in [-0.4, -0.2) is 9.67 Å². The molecule has 1 aromatic heterocycles.